The molecule has 2 N–H and O–H groups in total. The summed E-state index contributed by atoms with van der Waals surface area (Å²) in [6.07, 6.45) is 0.965. The fraction of sp³-hybridized carbons (Fsp3) is 0.0909. The number of aromatic nitrogens is 2. The summed E-state index contributed by atoms with van der Waals surface area (Å²) in [5.41, 5.74) is 0.0700. The van der Waals surface area contributed by atoms with E-state index in [1.54, 1.807) is 0 Å². The molecule has 19 heavy (non-hydrogen) atoms. The van der Waals surface area contributed by atoms with Crippen LogP contribution in [-0.4, -0.2) is 21.0 Å². The largest absolute Gasteiger partial charge is 0.346 e. The Balaban J connectivity index is 2.03. The van der Waals surface area contributed by atoms with Crippen LogP contribution >= 0.6 is 0 Å². The molecule has 8 heteroatoms. The Labute approximate surface area is 106 Å². The molecular formula is C11H9FN4O3. The van der Waals surface area contributed by atoms with Gasteiger partial charge in [0.15, 0.2) is 0 Å². The smallest absolute Gasteiger partial charge is 0.319 e. The standard InChI is InChI=1S/C11H9FN4O3/c12-8-3-1-7(2-4-8)5-13-11(17)10-9(16(18)19)6-14-15-10/h1-4,6H,5H2,(H,13,17)(H,14,15). The van der Waals surface area contributed by atoms with Crippen molar-refractivity contribution in [3.05, 3.63) is 57.7 Å². The van der Waals surface area contributed by atoms with E-state index in [4.69, 9.17) is 0 Å². The summed E-state index contributed by atoms with van der Waals surface area (Å²) >= 11 is 0. The maximum Gasteiger partial charge on any atom is 0.319 e. The third kappa shape index (κ3) is 2.92. The number of nitrogens with zero attached hydrogens (tertiary/aromatic N) is 2. The van der Waals surface area contributed by atoms with Gasteiger partial charge in [0.25, 0.3) is 5.91 Å². The maximum atomic E-state index is 12.7. The molecule has 0 fully saturated rings. The van der Waals surface area contributed by atoms with Gasteiger partial charge in [-0.3, -0.25) is 20.0 Å². The number of H-pyrrole nitrogens is 1. The summed E-state index contributed by atoms with van der Waals surface area (Å²) in [6.45, 7) is 0.134. The van der Waals surface area contributed by atoms with E-state index in [1.807, 2.05) is 0 Å². The van der Waals surface area contributed by atoms with Crippen molar-refractivity contribution in [1.82, 2.24) is 15.5 Å². The molecular weight excluding hydrogens is 255 g/mol. The van der Waals surface area contributed by atoms with Crippen molar-refractivity contribution < 1.29 is 14.1 Å². The fourth-order valence-electron chi connectivity index (χ4n) is 1.46. The van der Waals surface area contributed by atoms with E-state index in [0.29, 0.717) is 5.56 Å². The molecule has 2 rings (SSSR count). The first-order valence-corrected chi connectivity index (χ1v) is 5.28. The molecule has 7 nitrogen and oxygen atoms in total. The highest BCUT2D eigenvalue weighted by Crippen LogP contribution is 2.14. The van der Waals surface area contributed by atoms with Crippen LogP contribution in [0, 0.1) is 15.9 Å². The minimum Gasteiger partial charge on any atom is -0.346 e. The molecule has 0 saturated carbocycles. The van der Waals surface area contributed by atoms with Gasteiger partial charge in [-0.25, -0.2) is 4.39 Å². The van der Waals surface area contributed by atoms with Crippen molar-refractivity contribution in [2.24, 2.45) is 0 Å². The van der Waals surface area contributed by atoms with E-state index in [1.165, 1.54) is 24.3 Å². The van der Waals surface area contributed by atoms with E-state index in [-0.39, 0.29) is 18.1 Å². The van der Waals surface area contributed by atoms with Crippen molar-refractivity contribution in [2.75, 3.05) is 0 Å². The van der Waals surface area contributed by atoms with E-state index >= 15 is 0 Å². The van der Waals surface area contributed by atoms with E-state index < -0.39 is 16.5 Å². The molecule has 1 aromatic carbocycles. The van der Waals surface area contributed by atoms with Gasteiger partial charge in [-0.1, -0.05) is 12.1 Å². The number of rotatable bonds is 4. The number of aromatic amines is 1. The molecule has 1 heterocycles. The van der Waals surface area contributed by atoms with E-state index in [2.05, 4.69) is 15.5 Å². The summed E-state index contributed by atoms with van der Waals surface area (Å²) in [7, 11) is 0. The normalized spacial score (nSPS) is 10.2. The summed E-state index contributed by atoms with van der Waals surface area (Å²) < 4.78 is 12.7. The molecule has 1 aromatic heterocycles. The number of carbonyl (C=O) groups is 1. The van der Waals surface area contributed by atoms with Crippen molar-refractivity contribution in [1.29, 1.82) is 0 Å². The quantitative estimate of drug-likeness (QED) is 0.643. The van der Waals surface area contributed by atoms with Gasteiger partial charge in [-0.2, -0.15) is 5.10 Å². The minimum absolute atomic E-state index is 0.134. The lowest BCUT2D eigenvalue weighted by molar-refractivity contribution is -0.385. The van der Waals surface area contributed by atoms with Crippen LogP contribution in [0.2, 0.25) is 0 Å². The van der Waals surface area contributed by atoms with Gasteiger partial charge in [-0.05, 0) is 17.7 Å². The molecule has 98 valence electrons. The average Bonchev–Trinajstić information content (AvgIpc) is 2.87. The number of nitrogens with one attached hydrogen (secondary N) is 2. The van der Waals surface area contributed by atoms with Crippen molar-refractivity contribution in [3.63, 3.8) is 0 Å². The second kappa shape index (κ2) is 5.25. The Kier molecular flexibility index (Phi) is 3.51. The van der Waals surface area contributed by atoms with Crippen LogP contribution in [0.15, 0.2) is 30.5 Å². The van der Waals surface area contributed by atoms with E-state index in [0.717, 1.165) is 6.20 Å². The van der Waals surface area contributed by atoms with Gasteiger partial charge in [0.05, 0.1) is 4.92 Å². The highest BCUT2D eigenvalue weighted by Gasteiger charge is 2.22. The number of halogens is 1. The van der Waals surface area contributed by atoms with Gasteiger partial charge in [0, 0.05) is 6.54 Å². The van der Waals surface area contributed by atoms with Crippen LogP contribution in [0.5, 0.6) is 0 Å². The predicted octanol–water partition coefficient (Wildman–Crippen LogP) is 1.39. The summed E-state index contributed by atoms with van der Waals surface area (Å²) in [4.78, 5) is 21.6. The first-order valence-electron chi connectivity index (χ1n) is 5.28. The van der Waals surface area contributed by atoms with Gasteiger partial charge < -0.3 is 5.32 Å². The highest BCUT2D eigenvalue weighted by atomic mass is 19.1. The first-order chi connectivity index (χ1) is 9.08. The van der Waals surface area contributed by atoms with Crippen LogP contribution in [0.4, 0.5) is 10.1 Å². The molecule has 0 atom stereocenters. The molecule has 0 bridgehead atoms. The fourth-order valence-corrected chi connectivity index (χ4v) is 1.46. The molecule has 0 unspecified atom stereocenters. The SMILES string of the molecule is O=C(NCc1ccc(F)cc1)c1[nH]ncc1[N+](=O)[O-]. The van der Waals surface area contributed by atoms with Crippen LogP contribution in [0.25, 0.3) is 0 Å². The van der Waals surface area contributed by atoms with Crippen molar-refractivity contribution >= 4 is 11.6 Å². The number of carbonyl (C=O) groups excluding carboxylic acids is 1. The van der Waals surface area contributed by atoms with Gasteiger partial charge >= 0.3 is 5.69 Å². The second-order valence-electron chi connectivity index (χ2n) is 3.70. The Morgan fingerprint density at radius 1 is 1.42 bits per heavy atom. The van der Waals surface area contributed by atoms with Gasteiger partial charge in [0.1, 0.15) is 12.0 Å². The lowest BCUT2D eigenvalue weighted by atomic mass is 10.2. The zero-order valence-corrected chi connectivity index (χ0v) is 9.59. The number of amides is 1. The third-order valence-corrected chi connectivity index (χ3v) is 2.41. The Bertz CT molecular complexity index is 609. The van der Waals surface area contributed by atoms with Crippen LogP contribution in [0.1, 0.15) is 16.1 Å². The van der Waals surface area contributed by atoms with Crippen LogP contribution in [-0.2, 0) is 6.54 Å². The van der Waals surface area contributed by atoms with Gasteiger partial charge in [-0.15, -0.1) is 0 Å². The monoisotopic (exact) mass is 264 g/mol. The minimum atomic E-state index is -0.698. The predicted molar refractivity (Wildman–Crippen MR) is 62.8 cm³/mol. The Hall–Kier alpha value is -2.77. The lowest BCUT2D eigenvalue weighted by Crippen LogP contribution is -2.24. The summed E-state index contributed by atoms with van der Waals surface area (Å²) in [5, 5.41) is 18.8. The molecule has 0 aliphatic rings. The molecule has 1 amide bonds. The number of hydrogen-bond acceptors (Lipinski definition) is 4. The van der Waals surface area contributed by atoms with Crippen LogP contribution < -0.4 is 5.32 Å². The topological polar surface area (TPSA) is 101 Å². The summed E-state index contributed by atoms with van der Waals surface area (Å²) in [5.74, 6) is -1.02. The Morgan fingerprint density at radius 3 is 2.74 bits per heavy atom. The molecule has 0 spiro atoms. The molecule has 2 aromatic rings. The lowest BCUT2D eigenvalue weighted by Gasteiger charge is -2.03. The molecule has 0 saturated heterocycles. The van der Waals surface area contributed by atoms with Crippen LogP contribution in [0.3, 0.4) is 0 Å². The zero-order chi connectivity index (χ0) is 13.8. The average molecular weight is 264 g/mol. The molecule has 0 aliphatic heterocycles. The third-order valence-electron chi connectivity index (χ3n) is 2.41. The zero-order valence-electron chi connectivity index (χ0n) is 9.59. The highest BCUT2D eigenvalue weighted by molar-refractivity contribution is 5.95. The number of nitro groups is 1. The van der Waals surface area contributed by atoms with Gasteiger partial charge in [0.2, 0.25) is 5.69 Å². The van der Waals surface area contributed by atoms with Crippen molar-refractivity contribution in [3.8, 4) is 0 Å². The second-order valence-corrected chi connectivity index (χ2v) is 3.70. The number of hydrogen-bond donors (Lipinski definition) is 2. The van der Waals surface area contributed by atoms with E-state index in [9.17, 15) is 19.3 Å². The first kappa shape index (κ1) is 12.7. The molecule has 0 radical (unpaired) electrons. The molecule has 0 aliphatic carbocycles. The number of benzene rings is 1. The Morgan fingerprint density at radius 2 is 2.11 bits per heavy atom. The summed E-state index contributed by atoms with van der Waals surface area (Å²) in [6, 6.07) is 5.55. The maximum absolute atomic E-state index is 12.7. The van der Waals surface area contributed by atoms with Crippen molar-refractivity contribution in [2.45, 2.75) is 6.54 Å².